The summed E-state index contributed by atoms with van der Waals surface area (Å²) < 4.78 is 5.36. The first-order valence-corrected chi connectivity index (χ1v) is 20.1. The molecular formula is C50H43NS2. The summed E-state index contributed by atoms with van der Waals surface area (Å²) in [7, 11) is 0. The van der Waals surface area contributed by atoms with E-state index in [0.717, 1.165) is 11.4 Å². The standard InChI is InChI=1S/C50H43NS2/c1-49(2,3)36-22-14-32(15-23-36)34-18-26-38(27-19-34)51(39-28-20-35(21-29-39)33-16-24-37(25-17-33)50(4,5)6)43-12-9-11-40-41-30-31-45-46(48(41)53-47(40)43)42-10-7-8-13-44(42)52-45/h7-31H,1-6H3. The summed E-state index contributed by atoms with van der Waals surface area (Å²) in [5.74, 6) is 0. The van der Waals surface area contributed by atoms with Gasteiger partial charge in [0.15, 0.2) is 0 Å². The number of anilines is 3. The third kappa shape index (κ3) is 6.02. The van der Waals surface area contributed by atoms with Crippen LogP contribution in [0, 0.1) is 0 Å². The first kappa shape index (κ1) is 33.6. The van der Waals surface area contributed by atoms with E-state index < -0.39 is 0 Å². The molecule has 0 aliphatic carbocycles. The molecule has 9 aromatic rings. The van der Waals surface area contributed by atoms with Gasteiger partial charge in [0.25, 0.3) is 0 Å². The molecule has 0 bridgehead atoms. The zero-order chi connectivity index (χ0) is 36.5. The summed E-state index contributed by atoms with van der Waals surface area (Å²) in [5, 5.41) is 5.35. The van der Waals surface area contributed by atoms with Crippen LogP contribution in [0.15, 0.2) is 152 Å². The van der Waals surface area contributed by atoms with E-state index >= 15 is 0 Å². The molecule has 0 fully saturated rings. The van der Waals surface area contributed by atoms with E-state index in [1.165, 1.54) is 79.4 Å². The number of fused-ring (bicyclic) bond motifs is 7. The Labute approximate surface area is 320 Å². The van der Waals surface area contributed by atoms with Crippen LogP contribution in [0.25, 0.3) is 62.6 Å². The molecule has 0 amide bonds. The van der Waals surface area contributed by atoms with Gasteiger partial charge in [-0.2, -0.15) is 0 Å². The molecule has 260 valence electrons. The van der Waals surface area contributed by atoms with Gasteiger partial charge in [-0.25, -0.2) is 0 Å². The first-order chi connectivity index (χ1) is 25.5. The average Bonchev–Trinajstić information content (AvgIpc) is 3.74. The van der Waals surface area contributed by atoms with Crippen molar-refractivity contribution in [1.29, 1.82) is 0 Å². The van der Waals surface area contributed by atoms with E-state index in [1.54, 1.807) is 0 Å². The van der Waals surface area contributed by atoms with Crippen molar-refractivity contribution in [3.05, 3.63) is 163 Å². The van der Waals surface area contributed by atoms with E-state index in [-0.39, 0.29) is 10.8 Å². The number of rotatable bonds is 5. The van der Waals surface area contributed by atoms with Crippen molar-refractivity contribution in [3.8, 4) is 22.3 Å². The monoisotopic (exact) mass is 721 g/mol. The maximum atomic E-state index is 2.44. The van der Waals surface area contributed by atoms with E-state index in [1.807, 2.05) is 22.7 Å². The highest BCUT2D eigenvalue weighted by Gasteiger charge is 2.21. The van der Waals surface area contributed by atoms with Crippen LogP contribution in [-0.4, -0.2) is 0 Å². The van der Waals surface area contributed by atoms with Crippen LogP contribution < -0.4 is 4.90 Å². The summed E-state index contributed by atoms with van der Waals surface area (Å²) in [6.45, 7) is 13.6. The highest BCUT2D eigenvalue weighted by molar-refractivity contribution is 7.30. The van der Waals surface area contributed by atoms with Crippen LogP contribution in [0.1, 0.15) is 52.7 Å². The maximum Gasteiger partial charge on any atom is 0.0640 e. The van der Waals surface area contributed by atoms with Gasteiger partial charge in [0, 0.05) is 47.0 Å². The second-order valence-electron chi connectivity index (χ2n) is 16.3. The van der Waals surface area contributed by atoms with Crippen LogP contribution in [0.3, 0.4) is 0 Å². The predicted molar refractivity (Wildman–Crippen MR) is 235 cm³/mol. The minimum atomic E-state index is 0.129. The zero-order valence-electron chi connectivity index (χ0n) is 31.2. The molecule has 2 heterocycles. The lowest BCUT2D eigenvalue weighted by molar-refractivity contribution is 0.590. The fraction of sp³-hybridized carbons (Fsp3) is 0.160. The normalized spacial score (nSPS) is 12.3. The van der Waals surface area contributed by atoms with Crippen LogP contribution >= 0.6 is 22.7 Å². The Bertz CT molecular complexity index is 2650. The minimum absolute atomic E-state index is 0.129. The van der Waals surface area contributed by atoms with Gasteiger partial charge in [-0.05, 0) is 86.7 Å². The Morgan fingerprint density at radius 2 is 0.849 bits per heavy atom. The van der Waals surface area contributed by atoms with Crippen molar-refractivity contribution in [2.24, 2.45) is 0 Å². The molecule has 9 rings (SSSR count). The summed E-state index contributed by atoms with van der Waals surface area (Å²) in [6, 6.07) is 56.6. The Balaban J connectivity index is 1.18. The SMILES string of the molecule is CC(C)(C)c1ccc(-c2ccc(N(c3ccc(-c4ccc(C(C)(C)C)cc4)cc3)c3cccc4c3sc3c4ccc4sc5ccccc5c43)cc2)cc1. The number of hydrogen-bond donors (Lipinski definition) is 0. The Morgan fingerprint density at radius 3 is 1.38 bits per heavy atom. The van der Waals surface area contributed by atoms with Gasteiger partial charge < -0.3 is 4.90 Å². The third-order valence-electron chi connectivity index (χ3n) is 10.6. The van der Waals surface area contributed by atoms with Crippen molar-refractivity contribution >= 4 is 80.1 Å². The second-order valence-corrected chi connectivity index (χ2v) is 18.4. The van der Waals surface area contributed by atoms with Crippen LogP contribution in [0.5, 0.6) is 0 Å². The topological polar surface area (TPSA) is 3.24 Å². The largest absolute Gasteiger partial charge is 0.309 e. The molecule has 7 aromatic carbocycles. The molecule has 0 aliphatic rings. The highest BCUT2D eigenvalue weighted by atomic mass is 32.1. The summed E-state index contributed by atoms with van der Waals surface area (Å²) in [5.41, 5.74) is 11.3. The minimum Gasteiger partial charge on any atom is -0.309 e. The smallest absolute Gasteiger partial charge is 0.0640 e. The molecule has 1 nitrogen and oxygen atoms in total. The molecule has 3 heteroatoms. The predicted octanol–water partition coefficient (Wildman–Crippen LogP) is 15.8. The molecular weight excluding hydrogens is 679 g/mol. The van der Waals surface area contributed by atoms with Crippen molar-refractivity contribution in [2.45, 2.75) is 52.4 Å². The van der Waals surface area contributed by atoms with Gasteiger partial charge >= 0.3 is 0 Å². The molecule has 0 atom stereocenters. The van der Waals surface area contributed by atoms with Crippen molar-refractivity contribution in [3.63, 3.8) is 0 Å². The summed E-state index contributed by atoms with van der Waals surface area (Å²) in [6.07, 6.45) is 0. The molecule has 0 aliphatic heterocycles. The Hall–Kier alpha value is -5.22. The molecule has 0 unspecified atom stereocenters. The summed E-state index contributed by atoms with van der Waals surface area (Å²) in [4.78, 5) is 2.44. The molecule has 0 spiro atoms. The molecule has 53 heavy (non-hydrogen) atoms. The molecule has 0 saturated heterocycles. The van der Waals surface area contributed by atoms with E-state index in [2.05, 4.69) is 198 Å². The molecule has 0 N–H and O–H groups in total. The van der Waals surface area contributed by atoms with Gasteiger partial charge in [-0.1, -0.05) is 151 Å². The van der Waals surface area contributed by atoms with Gasteiger partial charge in [0.1, 0.15) is 0 Å². The average molecular weight is 722 g/mol. The van der Waals surface area contributed by atoms with Gasteiger partial charge in [-0.15, -0.1) is 22.7 Å². The van der Waals surface area contributed by atoms with Gasteiger partial charge in [-0.3, -0.25) is 0 Å². The van der Waals surface area contributed by atoms with E-state index in [9.17, 15) is 0 Å². The number of nitrogens with zero attached hydrogens (tertiary/aromatic N) is 1. The maximum absolute atomic E-state index is 2.44. The Morgan fingerprint density at radius 1 is 0.377 bits per heavy atom. The quantitative estimate of drug-likeness (QED) is 0.171. The molecule has 0 radical (unpaired) electrons. The lowest BCUT2D eigenvalue weighted by Crippen LogP contribution is -2.10. The second kappa shape index (κ2) is 12.7. The Kier molecular flexibility index (Phi) is 8.07. The summed E-state index contributed by atoms with van der Waals surface area (Å²) >= 11 is 3.82. The number of hydrogen-bond acceptors (Lipinski definition) is 3. The van der Waals surface area contributed by atoms with Crippen LogP contribution in [-0.2, 0) is 10.8 Å². The van der Waals surface area contributed by atoms with Crippen LogP contribution in [0.2, 0.25) is 0 Å². The first-order valence-electron chi connectivity index (χ1n) is 18.5. The lowest BCUT2D eigenvalue weighted by atomic mass is 9.86. The zero-order valence-corrected chi connectivity index (χ0v) is 32.8. The fourth-order valence-electron chi connectivity index (χ4n) is 7.58. The number of thiophene rings is 2. The lowest BCUT2D eigenvalue weighted by Gasteiger charge is -2.26. The fourth-order valence-corrected chi connectivity index (χ4v) is 10.1. The molecule has 0 saturated carbocycles. The van der Waals surface area contributed by atoms with Gasteiger partial charge in [0.2, 0.25) is 0 Å². The van der Waals surface area contributed by atoms with E-state index in [4.69, 9.17) is 0 Å². The highest BCUT2D eigenvalue weighted by Crippen LogP contribution is 2.49. The number of benzene rings is 7. The van der Waals surface area contributed by atoms with Crippen molar-refractivity contribution in [1.82, 2.24) is 0 Å². The van der Waals surface area contributed by atoms with Crippen LogP contribution in [0.4, 0.5) is 17.1 Å². The van der Waals surface area contributed by atoms with Crippen molar-refractivity contribution in [2.75, 3.05) is 4.90 Å². The third-order valence-corrected chi connectivity index (χ3v) is 13.0. The van der Waals surface area contributed by atoms with Crippen molar-refractivity contribution < 1.29 is 0 Å². The van der Waals surface area contributed by atoms with E-state index in [0.29, 0.717) is 0 Å². The molecule has 2 aromatic heterocycles. The van der Waals surface area contributed by atoms with Gasteiger partial charge in [0.05, 0.1) is 10.4 Å².